The topological polar surface area (TPSA) is 35.1 Å². The first-order valence-electron chi connectivity index (χ1n) is 23.8. The van der Waals surface area contributed by atoms with Crippen molar-refractivity contribution >= 4 is 183 Å². The van der Waals surface area contributed by atoms with Gasteiger partial charge in [-0.15, -0.1) is 22.7 Å². The van der Waals surface area contributed by atoms with E-state index in [1.807, 2.05) is 22.7 Å². The lowest BCUT2D eigenvalue weighted by molar-refractivity contribution is 0.669. The molecular weight excluding hydrogens is 893 g/mol. The number of hydrogen-bond acceptors (Lipinski definition) is 4. The van der Waals surface area contributed by atoms with Gasteiger partial charge in [0.1, 0.15) is 22.3 Å². The van der Waals surface area contributed by atoms with Crippen LogP contribution in [0.5, 0.6) is 0 Å². The smallest absolute Gasteiger partial charge is 0.145 e. The van der Waals surface area contributed by atoms with Gasteiger partial charge in [-0.25, -0.2) is 0 Å². The van der Waals surface area contributed by atoms with Crippen LogP contribution in [0.2, 0.25) is 0 Å². The second kappa shape index (κ2) is 12.7. The van der Waals surface area contributed by atoms with Crippen molar-refractivity contribution in [3.8, 4) is 11.1 Å². The van der Waals surface area contributed by atoms with Gasteiger partial charge in [-0.05, 0) is 77.0 Å². The van der Waals surface area contributed by atoms with E-state index in [0.29, 0.717) is 0 Å². The molecule has 4 nitrogen and oxygen atoms in total. The Morgan fingerprint density at radius 3 is 1.76 bits per heavy atom. The molecule has 0 aliphatic rings. The largest absolute Gasteiger partial charge is 0.456 e. The number of furan rings is 2. The molecule has 8 aromatic heterocycles. The van der Waals surface area contributed by atoms with Crippen LogP contribution in [-0.2, 0) is 0 Å². The third kappa shape index (κ3) is 4.39. The molecule has 0 unspecified atom stereocenters. The van der Waals surface area contributed by atoms with Gasteiger partial charge in [0, 0.05) is 118 Å². The second-order valence-corrected chi connectivity index (χ2v) is 21.2. The van der Waals surface area contributed by atoms with Gasteiger partial charge in [0.05, 0.1) is 27.5 Å². The number of benzene rings is 10. The number of hydrogen-bond donors (Lipinski definition) is 0. The van der Waals surface area contributed by atoms with Crippen molar-refractivity contribution < 1.29 is 8.83 Å². The van der Waals surface area contributed by atoms with E-state index >= 15 is 0 Å². The summed E-state index contributed by atoms with van der Waals surface area (Å²) in [5, 5.41) is 21.8. The third-order valence-electron chi connectivity index (χ3n) is 15.6. The van der Waals surface area contributed by atoms with Crippen LogP contribution in [0, 0.1) is 0 Å². The summed E-state index contributed by atoms with van der Waals surface area (Å²) in [5.41, 5.74) is 10.9. The van der Waals surface area contributed by atoms with Gasteiger partial charge < -0.3 is 17.6 Å². The molecule has 0 atom stereocenters. The zero-order valence-corrected chi connectivity index (χ0v) is 38.6. The summed E-state index contributed by atoms with van der Waals surface area (Å²) in [6, 6.07) is 67.1. The molecule has 0 saturated carbocycles. The molecular formula is C64H32N2O2S2. The minimum absolute atomic E-state index is 0.904. The van der Waals surface area contributed by atoms with E-state index in [2.05, 4.69) is 203 Å². The Kier molecular flexibility index (Phi) is 6.59. The Morgan fingerprint density at radius 2 is 0.900 bits per heavy atom. The van der Waals surface area contributed by atoms with E-state index in [1.54, 1.807) is 0 Å². The fraction of sp³-hybridized carbons (Fsp3) is 0. The molecule has 18 aromatic rings. The second-order valence-electron chi connectivity index (χ2n) is 19.1. The van der Waals surface area contributed by atoms with Gasteiger partial charge >= 0.3 is 0 Å². The van der Waals surface area contributed by atoms with Gasteiger partial charge in [-0.2, -0.15) is 0 Å². The van der Waals surface area contributed by atoms with E-state index in [9.17, 15) is 0 Å². The lowest BCUT2D eigenvalue weighted by atomic mass is 9.93. The zero-order valence-electron chi connectivity index (χ0n) is 37.0. The molecule has 0 aliphatic carbocycles. The Morgan fingerprint density at radius 1 is 0.314 bits per heavy atom. The third-order valence-corrected chi connectivity index (χ3v) is 18.0. The van der Waals surface area contributed by atoms with E-state index in [4.69, 9.17) is 8.83 Å². The summed E-state index contributed by atoms with van der Waals surface area (Å²) in [5.74, 6) is 0. The van der Waals surface area contributed by atoms with Crippen molar-refractivity contribution in [2.75, 3.05) is 0 Å². The van der Waals surface area contributed by atoms with Crippen molar-refractivity contribution in [1.82, 2.24) is 8.80 Å². The summed E-state index contributed by atoms with van der Waals surface area (Å²) < 4.78 is 23.7. The predicted octanol–water partition coefficient (Wildman–Crippen LogP) is 19.3. The van der Waals surface area contributed by atoms with Crippen LogP contribution >= 0.6 is 22.7 Å². The highest BCUT2D eigenvalue weighted by atomic mass is 32.1. The van der Waals surface area contributed by atoms with Crippen molar-refractivity contribution in [2.45, 2.75) is 0 Å². The Labute approximate surface area is 403 Å². The van der Waals surface area contributed by atoms with Gasteiger partial charge in [0.15, 0.2) is 0 Å². The van der Waals surface area contributed by atoms with Crippen LogP contribution in [0.1, 0.15) is 0 Å². The monoisotopic (exact) mass is 924 g/mol. The lowest BCUT2D eigenvalue weighted by Crippen LogP contribution is -1.93. The van der Waals surface area contributed by atoms with Crippen molar-refractivity contribution in [3.63, 3.8) is 0 Å². The fourth-order valence-corrected chi connectivity index (χ4v) is 15.1. The first-order valence-corrected chi connectivity index (χ1v) is 25.4. The highest BCUT2D eigenvalue weighted by Gasteiger charge is 2.25. The lowest BCUT2D eigenvalue weighted by Gasteiger charge is -2.15. The quantitative estimate of drug-likeness (QED) is 0.154. The Hall–Kier alpha value is -8.68. The Balaban J connectivity index is 1.02. The van der Waals surface area contributed by atoms with Gasteiger partial charge in [-0.1, -0.05) is 121 Å². The van der Waals surface area contributed by atoms with E-state index in [1.165, 1.54) is 122 Å². The molecule has 0 N–H and O–H groups in total. The number of para-hydroxylation sites is 2. The number of nitrogens with zero attached hydrogens (tertiary/aromatic N) is 2. The molecule has 10 aromatic carbocycles. The highest BCUT2D eigenvalue weighted by Crippen LogP contribution is 2.51. The van der Waals surface area contributed by atoms with Gasteiger partial charge in [0.25, 0.3) is 0 Å². The van der Waals surface area contributed by atoms with Gasteiger partial charge in [0.2, 0.25) is 0 Å². The number of fused-ring (bicyclic) bond motifs is 32. The minimum Gasteiger partial charge on any atom is -0.456 e. The summed E-state index contributed by atoms with van der Waals surface area (Å²) >= 11 is 3.77. The van der Waals surface area contributed by atoms with Crippen LogP contribution < -0.4 is 0 Å². The first kappa shape index (κ1) is 36.4. The van der Waals surface area contributed by atoms with Crippen LogP contribution in [0.4, 0.5) is 0 Å². The Bertz CT molecular complexity index is 5440. The van der Waals surface area contributed by atoms with Crippen molar-refractivity contribution in [1.29, 1.82) is 0 Å². The van der Waals surface area contributed by atoms with E-state index in [-0.39, 0.29) is 0 Å². The predicted molar refractivity (Wildman–Crippen MR) is 299 cm³/mol. The molecule has 0 amide bonds. The highest BCUT2D eigenvalue weighted by molar-refractivity contribution is 7.26. The molecule has 18 rings (SSSR count). The molecule has 322 valence electrons. The maximum absolute atomic E-state index is 6.91. The summed E-state index contributed by atoms with van der Waals surface area (Å²) in [4.78, 5) is 0. The van der Waals surface area contributed by atoms with Crippen LogP contribution in [-0.4, -0.2) is 8.80 Å². The molecule has 6 heteroatoms. The number of pyridine rings is 2. The molecule has 0 radical (unpaired) electrons. The molecule has 0 fully saturated rings. The molecule has 70 heavy (non-hydrogen) atoms. The normalized spacial score (nSPS) is 12.9. The molecule has 0 bridgehead atoms. The summed E-state index contributed by atoms with van der Waals surface area (Å²) in [6.45, 7) is 0. The average Bonchev–Trinajstić information content (AvgIpc) is 4.27. The SMILES string of the molecule is c1ccc2c(c1)cn1c3c(cc(-c4ccc5c(c4)cn4c6c(ccc7sc8ccccc8c76)c6ccc7c8ccccc8oc7c6c54)c4sc5ccccc5c43)c3ccc4oc5ccccc5c4c3c21. The van der Waals surface area contributed by atoms with Crippen molar-refractivity contribution in [3.05, 3.63) is 194 Å². The van der Waals surface area contributed by atoms with E-state index in [0.717, 1.165) is 49.3 Å². The summed E-state index contributed by atoms with van der Waals surface area (Å²) in [7, 11) is 0. The zero-order chi connectivity index (χ0) is 45.1. The molecule has 0 saturated heterocycles. The minimum atomic E-state index is 0.904. The number of rotatable bonds is 1. The molecule has 0 spiro atoms. The van der Waals surface area contributed by atoms with E-state index < -0.39 is 0 Å². The van der Waals surface area contributed by atoms with Crippen molar-refractivity contribution in [2.24, 2.45) is 0 Å². The first-order chi connectivity index (χ1) is 34.7. The number of aromatic nitrogens is 2. The average molecular weight is 925 g/mol. The maximum Gasteiger partial charge on any atom is 0.145 e. The standard InChI is InChI=1S/C64H32N2O2S2/c1-2-12-36-34(11-1)31-65-59(36)56-40(25-27-50-54(56)43-14-4-8-18-49(43)67-50)47-30-46(64-58(62(47)65)45-16-6-10-20-52(45)70-64)33-21-22-37-35(29-33)32-66-60(37)57-39(23-24-42-38-13-3-7-17-48(38)68-63(42)57)41-26-28-53-55(61(41)66)44-15-5-9-19-51(44)69-53/h1-32H. The van der Waals surface area contributed by atoms with Crippen LogP contribution in [0.15, 0.2) is 203 Å². The molecule has 8 heterocycles. The fourth-order valence-electron chi connectivity index (χ4n) is 12.8. The van der Waals surface area contributed by atoms with Crippen LogP contribution in [0.3, 0.4) is 0 Å². The number of thiophene rings is 2. The molecule has 0 aliphatic heterocycles. The van der Waals surface area contributed by atoms with Gasteiger partial charge in [-0.3, -0.25) is 0 Å². The maximum atomic E-state index is 6.91. The summed E-state index contributed by atoms with van der Waals surface area (Å²) in [6.07, 6.45) is 4.76. The van der Waals surface area contributed by atoms with Crippen LogP contribution in [0.25, 0.3) is 171 Å².